The number of carbonyl (C=O) groups excluding carboxylic acids is 2. The monoisotopic (exact) mass is 296 g/mol. The molecule has 0 heterocycles. The Bertz CT molecular complexity index is 692. The lowest BCUT2D eigenvalue weighted by atomic mass is 10.1. The Morgan fingerprint density at radius 3 is 2.23 bits per heavy atom. The summed E-state index contributed by atoms with van der Waals surface area (Å²) in [4.78, 5) is 23.6. The molecule has 0 saturated heterocycles. The number of hydrogen-bond donors (Lipinski definition) is 2. The Kier molecular flexibility index (Phi) is 4.93. The van der Waals surface area contributed by atoms with Gasteiger partial charge >= 0.3 is 0 Å². The molecule has 2 aromatic carbocycles. The minimum Gasteiger partial charge on any atom is -0.497 e. The lowest BCUT2D eigenvalue weighted by Gasteiger charge is -2.07. The van der Waals surface area contributed by atoms with E-state index in [0.717, 1.165) is 5.56 Å². The van der Waals surface area contributed by atoms with Crippen LogP contribution in [0.15, 0.2) is 60.3 Å². The average Bonchev–Trinajstić information content (AvgIpc) is 2.55. The molecule has 5 nitrogen and oxygen atoms in total. The molecule has 2 amide bonds. The highest BCUT2D eigenvalue weighted by Crippen LogP contribution is 2.12. The van der Waals surface area contributed by atoms with Crippen LogP contribution in [-0.4, -0.2) is 18.9 Å². The van der Waals surface area contributed by atoms with Crippen LogP contribution in [0.5, 0.6) is 5.75 Å². The van der Waals surface area contributed by atoms with E-state index in [1.165, 1.54) is 6.08 Å². The number of nitrogens with one attached hydrogen (secondary N) is 1. The lowest BCUT2D eigenvalue weighted by Crippen LogP contribution is -2.31. The second-order valence-corrected chi connectivity index (χ2v) is 4.52. The highest BCUT2D eigenvalue weighted by Gasteiger charge is 2.12. The molecule has 0 aliphatic heterocycles. The quantitative estimate of drug-likeness (QED) is 0.827. The highest BCUT2D eigenvalue weighted by atomic mass is 16.5. The van der Waals surface area contributed by atoms with Crippen molar-refractivity contribution in [3.63, 3.8) is 0 Å². The normalized spacial score (nSPS) is 10.9. The third-order valence-corrected chi connectivity index (χ3v) is 2.98. The van der Waals surface area contributed by atoms with Crippen LogP contribution in [0.1, 0.15) is 15.9 Å². The van der Waals surface area contributed by atoms with Gasteiger partial charge in [0.2, 0.25) is 0 Å². The van der Waals surface area contributed by atoms with Gasteiger partial charge < -0.3 is 15.8 Å². The minimum atomic E-state index is -0.703. The van der Waals surface area contributed by atoms with E-state index in [1.54, 1.807) is 31.4 Å². The molecule has 0 fully saturated rings. The van der Waals surface area contributed by atoms with Crippen molar-refractivity contribution >= 4 is 17.9 Å². The summed E-state index contributed by atoms with van der Waals surface area (Å²) in [6.07, 6.45) is 1.53. The predicted octanol–water partition coefficient (Wildman–Crippen LogP) is 1.95. The van der Waals surface area contributed by atoms with Crippen molar-refractivity contribution < 1.29 is 14.3 Å². The van der Waals surface area contributed by atoms with Crippen molar-refractivity contribution in [3.05, 3.63) is 71.4 Å². The molecule has 3 N–H and O–H groups in total. The molecule has 0 aliphatic rings. The van der Waals surface area contributed by atoms with Gasteiger partial charge in [-0.25, -0.2) is 0 Å². The first kappa shape index (κ1) is 15.3. The molecule has 22 heavy (non-hydrogen) atoms. The van der Waals surface area contributed by atoms with Crippen LogP contribution >= 0.6 is 0 Å². The number of primary amides is 1. The highest BCUT2D eigenvalue weighted by molar-refractivity contribution is 6.04. The van der Waals surface area contributed by atoms with Crippen LogP contribution in [0.3, 0.4) is 0 Å². The zero-order chi connectivity index (χ0) is 15.9. The minimum absolute atomic E-state index is 0.0343. The second kappa shape index (κ2) is 7.08. The van der Waals surface area contributed by atoms with Crippen molar-refractivity contribution in [1.82, 2.24) is 5.32 Å². The summed E-state index contributed by atoms with van der Waals surface area (Å²) in [7, 11) is 1.54. The average molecular weight is 296 g/mol. The first-order valence-electron chi connectivity index (χ1n) is 6.62. The van der Waals surface area contributed by atoms with E-state index in [9.17, 15) is 9.59 Å². The molecule has 0 radical (unpaired) electrons. The largest absolute Gasteiger partial charge is 0.497 e. The van der Waals surface area contributed by atoms with E-state index >= 15 is 0 Å². The molecule has 0 bridgehead atoms. The number of carbonyl (C=O) groups is 2. The summed E-state index contributed by atoms with van der Waals surface area (Å²) < 4.78 is 5.03. The van der Waals surface area contributed by atoms with Crippen LogP contribution in [0, 0.1) is 0 Å². The first-order chi connectivity index (χ1) is 10.6. The van der Waals surface area contributed by atoms with Crippen LogP contribution in [-0.2, 0) is 4.79 Å². The summed E-state index contributed by atoms with van der Waals surface area (Å²) in [5.41, 5.74) is 6.52. The molecular formula is C17H16N2O3. The van der Waals surface area contributed by atoms with Gasteiger partial charge in [-0.05, 0) is 35.9 Å². The maximum absolute atomic E-state index is 12.1. The third kappa shape index (κ3) is 3.96. The smallest absolute Gasteiger partial charge is 0.265 e. The maximum atomic E-state index is 12.1. The van der Waals surface area contributed by atoms with E-state index in [-0.39, 0.29) is 5.70 Å². The number of rotatable bonds is 5. The Labute approximate surface area is 128 Å². The van der Waals surface area contributed by atoms with Crippen molar-refractivity contribution in [1.29, 1.82) is 0 Å². The van der Waals surface area contributed by atoms with Crippen molar-refractivity contribution in [2.24, 2.45) is 5.73 Å². The summed E-state index contributed by atoms with van der Waals surface area (Å²) in [5.74, 6) is -0.471. The van der Waals surface area contributed by atoms with Gasteiger partial charge in [0.15, 0.2) is 0 Å². The Morgan fingerprint density at radius 1 is 1.05 bits per heavy atom. The molecule has 0 saturated carbocycles. The Hall–Kier alpha value is -3.08. The first-order valence-corrected chi connectivity index (χ1v) is 6.62. The molecule has 0 aromatic heterocycles. The van der Waals surface area contributed by atoms with Crippen molar-refractivity contribution in [2.45, 2.75) is 0 Å². The Morgan fingerprint density at radius 2 is 1.68 bits per heavy atom. The fourth-order valence-corrected chi connectivity index (χ4v) is 1.82. The van der Waals surface area contributed by atoms with Gasteiger partial charge in [-0.2, -0.15) is 0 Å². The van der Waals surface area contributed by atoms with E-state index in [4.69, 9.17) is 10.5 Å². The zero-order valence-corrected chi connectivity index (χ0v) is 12.1. The fourth-order valence-electron chi connectivity index (χ4n) is 1.82. The molecule has 0 atom stereocenters. The van der Waals surface area contributed by atoms with Gasteiger partial charge in [-0.1, -0.05) is 30.3 Å². The number of ether oxygens (including phenoxy) is 1. The molecule has 112 valence electrons. The summed E-state index contributed by atoms with van der Waals surface area (Å²) >= 11 is 0. The summed E-state index contributed by atoms with van der Waals surface area (Å²) in [5, 5.41) is 2.53. The zero-order valence-electron chi connectivity index (χ0n) is 12.1. The lowest BCUT2D eigenvalue weighted by molar-refractivity contribution is -0.114. The van der Waals surface area contributed by atoms with Gasteiger partial charge in [-0.15, -0.1) is 0 Å². The van der Waals surface area contributed by atoms with E-state index < -0.39 is 11.8 Å². The van der Waals surface area contributed by atoms with Crippen molar-refractivity contribution in [2.75, 3.05) is 7.11 Å². The van der Waals surface area contributed by atoms with E-state index in [0.29, 0.717) is 11.3 Å². The van der Waals surface area contributed by atoms with Gasteiger partial charge in [-0.3, -0.25) is 9.59 Å². The molecule has 0 aliphatic carbocycles. The second-order valence-electron chi connectivity index (χ2n) is 4.52. The van der Waals surface area contributed by atoms with E-state index in [1.807, 2.05) is 30.3 Å². The molecule has 0 unspecified atom stereocenters. The van der Waals surface area contributed by atoms with Crippen LogP contribution in [0.2, 0.25) is 0 Å². The Balaban J connectivity index is 2.18. The summed E-state index contributed by atoms with van der Waals surface area (Å²) in [6.45, 7) is 0. The number of benzene rings is 2. The topological polar surface area (TPSA) is 81.4 Å². The molecule has 5 heteroatoms. The number of amides is 2. The predicted molar refractivity (Wildman–Crippen MR) is 84.1 cm³/mol. The molecule has 0 spiro atoms. The van der Waals surface area contributed by atoms with Crippen molar-refractivity contribution in [3.8, 4) is 5.75 Å². The van der Waals surface area contributed by atoms with Crippen LogP contribution in [0.4, 0.5) is 0 Å². The van der Waals surface area contributed by atoms with Gasteiger partial charge in [0.25, 0.3) is 11.8 Å². The maximum Gasteiger partial charge on any atom is 0.265 e. The molecule has 2 aromatic rings. The van der Waals surface area contributed by atoms with Gasteiger partial charge in [0.1, 0.15) is 11.4 Å². The van der Waals surface area contributed by atoms with Gasteiger partial charge in [0, 0.05) is 5.56 Å². The summed E-state index contributed by atoms with van der Waals surface area (Å²) in [6, 6.07) is 15.7. The number of hydrogen-bond acceptors (Lipinski definition) is 3. The number of nitrogens with two attached hydrogens (primary N) is 1. The fraction of sp³-hybridized carbons (Fsp3) is 0.0588. The standard InChI is InChI=1S/C17H16N2O3/c1-22-14-9-7-13(8-10-14)17(21)19-15(16(18)20)11-12-5-3-2-4-6-12/h2-11H,1H3,(H2,18,20)(H,19,21). The van der Waals surface area contributed by atoms with Gasteiger partial charge in [0.05, 0.1) is 7.11 Å². The number of methoxy groups -OCH3 is 1. The third-order valence-electron chi connectivity index (χ3n) is 2.98. The molecule has 2 rings (SSSR count). The van der Waals surface area contributed by atoms with Crippen LogP contribution < -0.4 is 15.8 Å². The molecular weight excluding hydrogens is 280 g/mol. The SMILES string of the molecule is COc1ccc(C(=O)NC(=Cc2ccccc2)C(N)=O)cc1. The van der Waals surface area contributed by atoms with Crippen LogP contribution in [0.25, 0.3) is 6.08 Å². The van der Waals surface area contributed by atoms with E-state index in [2.05, 4.69) is 5.32 Å².